The fourth-order valence-electron chi connectivity index (χ4n) is 3.26. The molecule has 144 valence electrons. The summed E-state index contributed by atoms with van der Waals surface area (Å²) in [6.07, 6.45) is 0. The Morgan fingerprint density at radius 3 is 2.79 bits per heavy atom. The second-order valence-corrected chi connectivity index (χ2v) is 9.31. The first-order valence-corrected chi connectivity index (χ1v) is 11.6. The van der Waals surface area contributed by atoms with Gasteiger partial charge in [0, 0.05) is 60.8 Å². The van der Waals surface area contributed by atoms with Crippen LogP contribution in [0.4, 0.5) is 5.13 Å². The van der Waals surface area contributed by atoms with Gasteiger partial charge >= 0.3 is 0 Å². The smallest absolute Gasteiger partial charge is 0.275 e. The quantitative estimate of drug-likeness (QED) is 0.496. The molecule has 1 saturated heterocycles. The van der Waals surface area contributed by atoms with E-state index in [0.29, 0.717) is 4.96 Å². The Kier molecular flexibility index (Phi) is 4.71. The highest BCUT2D eigenvalue weighted by atomic mass is 32.1. The number of piperazine rings is 1. The number of hydrogen-bond acceptors (Lipinski definition) is 9. The van der Waals surface area contributed by atoms with E-state index in [1.165, 1.54) is 27.5 Å². The first-order valence-electron chi connectivity index (χ1n) is 8.97. The Labute approximate surface area is 173 Å². The zero-order chi connectivity index (χ0) is 19.1. The molecule has 0 spiro atoms. The number of hydrogen-bond donors (Lipinski definition) is 0. The highest BCUT2D eigenvalue weighted by molar-refractivity contribution is 7.20. The predicted molar refractivity (Wildman–Crippen MR) is 115 cm³/mol. The average molecular weight is 431 g/mol. The molecule has 0 atom stereocenters. The van der Waals surface area contributed by atoms with Gasteiger partial charge in [0.25, 0.3) is 5.56 Å². The summed E-state index contributed by atoms with van der Waals surface area (Å²) in [5.41, 5.74) is 2.95. The van der Waals surface area contributed by atoms with Gasteiger partial charge in [0.15, 0.2) is 0 Å². The van der Waals surface area contributed by atoms with Crippen LogP contribution in [0.15, 0.2) is 33.1 Å². The van der Waals surface area contributed by atoms with E-state index in [-0.39, 0.29) is 5.56 Å². The van der Waals surface area contributed by atoms with E-state index >= 15 is 0 Å². The van der Waals surface area contributed by atoms with E-state index in [0.717, 1.165) is 54.3 Å². The van der Waals surface area contributed by atoms with Crippen molar-refractivity contribution in [1.29, 1.82) is 0 Å². The van der Waals surface area contributed by atoms with Crippen molar-refractivity contribution in [2.45, 2.75) is 13.5 Å². The summed E-state index contributed by atoms with van der Waals surface area (Å²) in [4.78, 5) is 26.6. The van der Waals surface area contributed by atoms with Gasteiger partial charge in [-0.2, -0.15) is 15.9 Å². The van der Waals surface area contributed by atoms with Crippen molar-refractivity contribution in [3.8, 4) is 10.6 Å². The molecule has 7 nitrogen and oxygen atoms in total. The largest absolute Gasteiger partial charge is 0.344 e. The summed E-state index contributed by atoms with van der Waals surface area (Å²) in [5.74, 6) is 0. The normalized spacial score (nSPS) is 15.5. The van der Waals surface area contributed by atoms with E-state index in [1.807, 2.05) is 6.92 Å². The summed E-state index contributed by atoms with van der Waals surface area (Å²) < 4.78 is 1.40. The lowest BCUT2D eigenvalue weighted by molar-refractivity contribution is 0.247. The zero-order valence-corrected chi connectivity index (χ0v) is 17.7. The number of aryl methyl sites for hydroxylation is 1. The number of thiazole rings is 1. The summed E-state index contributed by atoms with van der Waals surface area (Å²) >= 11 is 4.89. The minimum atomic E-state index is -0.117. The van der Waals surface area contributed by atoms with Gasteiger partial charge in [0.2, 0.25) is 10.1 Å². The van der Waals surface area contributed by atoms with Crippen molar-refractivity contribution in [2.75, 3.05) is 31.1 Å². The van der Waals surface area contributed by atoms with Crippen LogP contribution < -0.4 is 10.5 Å². The van der Waals surface area contributed by atoms with Crippen LogP contribution in [-0.4, -0.2) is 50.7 Å². The van der Waals surface area contributed by atoms with Crippen molar-refractivity contribution >= 4 is 44.1 Å². The molecular formula is C18H18N6OS3. The van der Waals surface area contributed by atoms with Gasteiger partial charge in [-0.25, -0.2) is 9.97 Å². The lowest BCUT2D eigenvalue weighted by atomic mass is 10.3. The molecule has 0 unspecified atom stereocenters. The Hall–Kier alpha value is -2.14. The van der Waals surface area contributed by atoms with Crippen LogP contribution in [0, 0.1) is 6.92 Å². The molecule has 5 heterocycles. The van der Waals surface area contributed by atoms with E-state index < -0.39 is 0 Å². The molecular weight excluding hydrogens is 412 g/mol. The molecule has 4 aromatic rings. The SMILES string of the molecule is Cc1cc(=O)n2nc(N3CCN(Cc4csc(-c5ccsc5)n4)CC3)sc2n1. The topological polar surface area (TPSA) is 66.6 Å². The maximum atomic E-state index is 12.1. The molecule has 0 aromatic carbocycles. The molecule has 5 rings (SSSR count). The second kappa shape index (κ2) is 7.36. The average Bonchev–Trinajstić information content (AvgIpc) is 3.42. The minimum absolute atomic E-state index is 0.117. The van der Waals surface area contributed by atoms with E-state index in [4.69, 9.17) is 4.98 Å². The van der Waals surface area contributed by atoms with Crippen molar-refractivity contribution in [1.82, 2.24) is 24.5 Å². The molecule has 0 amide bonds. The molecule has 0 saturated carbocycles. The fraction of sp³-hybridized carbons (Fsp3) is 0.333. The van der Waals surface area contributed by atoms with Gasteiger partial charge < -0.3 is 4.90 Å². The number of rotatable bonds is 4. The molecule has 0 N–H and O–H groups in total. The lowest BCUT2D eigenvalue weighted by Gasteiger charge is -2.33. The number of nitrogens with zero attached hydrogens (tertiary/aromatic N) is 6. The molecule has 1 aliphatic rings. The zero-order valence-electron chi connectivity index (χ0n) is 15.2. The van der Waals surface area contributed by atoms with E-state index in [1.54, 1.807) is 22.7 Å². The monoisotopic (exact) mass is 430 g/mol. The van der Waals surface area contributed by atoms with Crippen LogP contribution in [0.5, 0.6) is 0 Å². The maximum absolute atomic E-state index is 12.1. The van der Waals surface area contributed by atoms with Crippen LogP contribution >= 0.6 is 34.0 Å². The summed E-state index contributed by atoms with van der Waals surface area (Å²) in [6.45, 7) is 6.37. The summed E-state index contributed by atoms with van der Waals surface area (Å²) in [5, 5.41) is 12.8. The molecule has 1 fully saturated rings. The number of anilines is 1. The van der Waals surface area contributed by atoms with Crippen molar-refractivity contribution in [2.24, 2.45) is 0 Å². The molecule has 4 aromatic heterocycles. The van der Waals surface area contributed by atoms with Crippen molar-refractivity contribution < 1.29 is 0 Å². The molecule has 0 radical (unpaired) electrons. The van der Waals surface area contributed by atoms with Gasteiger partial charge in [-0.1, -0.05) is 11.3 Å². The Morgan fingerprint density at radius 1 is 1.14 bits per heavy atom. The maximum Gasteiger partial charge on any atom is 0.275 e. The standard InChI is InChI=1S/C18H18N6OS3/c1-12-8-15(25)24-17(19-12)28-18(21-24)23-5-3-22(4-6-23)9-14-11-27-16(20-14)13-2-7-26-10-13/h2,7-8,10-11H,3-6,9H2,1H3. The molecule has 1 aliphatic heterocycles. The Morgan fingerprint density at radius 2 is 2.00 bits per heavy atom. The molecule has 28 heavy (non-hydrogen) atoms. The van der Waals surface area contributed by atoms with Crippen LogP contribution in [0.25, 0.3) is 15.5 Å². The van der Waals surface area contributed by atoms with Crippen molar-refractivity contribution in [3.63, 3.8) is 0 Å². The third-order valence-corrected chi connectivity index (χ3v) is 7.30. The molecule has 0 aliphatic carbocycles. The van der Waals surface area contributed by atoms with Crippen LogP contribution in [0.2, 0.25) is 0 Å². The van der Waals surface area contributed by atoms with Gasteiger partial charge in [-0.05, 0) is 18.4 Å². The molecule has 10 heteroatoms. The van der Waals surface area contributed by atoms with E-state index in [9.17, 15) is 4.79 Å². The first-order chi connectivity index (χ1) is 13.7. The fourth-order valence-corrected chi connectivity index (χ4v) is 5.79. The van der Waals surface area contributed by atoms with Gasteiger partial charge in [0.1, 0.15) is 5.01 Å². The Balaban J connectivity index is 1.24. The first kappa shape index (κ1) is 17.9. The molecule has 0 bridgehead atoms. The van der Waals surface area contributed by atoms with Gasteiger partial charge in [-0.15, -0.1) is 16.4 Å². The highest BCUT2D eigenvalue weighted by Gasteiger charge is 2.21. The number of fused-ring (bicyclic) bond motifs is 1. The Bertz CT molecular complexity index is 1150. The lowest BCUT2D eigenvalue weighted by Crippen LogP contribution is -2.46. The summed E-state index contributed by atoms with van der Waals surface area (Å²) in [7, 11) is 0. The highest BCUT2D eigenvalue weighted by Crippen LogP contribution is 2.27. The third-order valence-electron chi connectivity index (χ3n) is 4.71. The predicted octanol–water partition coefficient (Wildman–Crippen LogP) is 2.97. The van der Waals surface area contributed by atoms with E-state index in [2.05, 4.69) is 42.1 Å². The third kappa shape index (κ3) is 3.48. The van der Waals surface area contributed by atoms with Crippen LogP contribution in [-0.2, 0) is 6.54 Å². The van der Waals surface area contributed by atoms with Gasteiger partial charge in [0.05, 0.1) is 5.69 Å². The van der Waals surface area contributed by atoms with Crippen LogP contribution in [0.3, 0.4) is 0 Å². The minimum Gasteiger partial charge on any atom is -0.344 e. The van der Waals surface area contributed by atoms with Gasteiger partial charge in [-0.3, -0.25) is 9.69 Å². The second-order valence-electron chi connectivity index (χ2n) is 6.73. The van der Waals surface area contributed by atoms with Crippen LogP contribution in [0.1, 0.15) is 11.4 Å². The number of aromatic nitrogens is 4. The van der Waals surface area contributed by atoms with Crippen molar-refractivity contribution in [3.05, 3.63) is 50.0 Å². The summed E-state index contributed by atoms with van der Waals surface area (Å²) in [6, 6.07) is 3.64. The number of thiophene rings is 1.